The molecule has 0 unspecified atom stereocenters. The summed E-state index contributed by atoms with van der Waals surface area (Å²) in [4.78, 5) is 15.0. The summed E-state index contributed by atoms with van der Waals surface area (Å²) < 4.78 is 27.2. The van der Waals surface area contributed by atoms with Gasteiger partial charge in [0.25, 0.3) is 0 Å². The fourth-order valence-electron chi connectivity index (χ4n) is 2.15. The quantitative estimate of drug-likeness (QED) is 0.658. The first-order valence-corrected chi connectivity index (χ1v) is 8.77. The Morgan fingerprint density at radius 2 is 1.92 bits per heavy atom. The first-order chi connectivity index (χ1) is 11.3. The largest absolute Gasteiger partial charge is 0.478 e. The van der Waals surface area contributed by atoms with Gasteiger partial charge in [0.15, 0.2) is 0 Å². The third-order valence-electron chi connectivity index (χ3n) is 3.48. The molecule has 0 atom stereocenters. The number of rotatable bonds is 7. The molecule has 0 aliphatic rings. The Labute approximate surface area is 140 Å². The number of benzene rings is 1. The molecule has 1 aromatic carbocycles. The second-order valence-electron chi connectivity index (χ2n) is 5.30. The minimum absolute atomic E-state index is 0.0255. The summed E-state index contributed by atoms with van der Waals surface area (Å²) in [5.74, 6) is -1.17. The van der Waals surface area contributed by atoms with Crippen molar-refractivity contribution >= 4 is 21.7 Å². The summed E-state index contributed by atoms with van der Waals surface area (Å²) in [6.07, 6.45) is 3.37. The highest BCUT2D eigenvalue weighted by atomic mass is 32.2. The average molecular weight is 349 g/mol. The number of aryl methyl sites for hydroxylation is 2. The lowest BCUT2D eigenvalue weighted by atomic mass is 10.1. The minimum atomic E-state index is -3.78. The van der Waals surface area contributed by atoms with Gasteiger partial charge in [0.05, 0.1) is 10.5 Å². The summed E-state index contributed by atoms with van der Waals surface area (Å²) >= 11 is 0. The van der Waals surface area contributed by atoms with E-state index in [0.29, 0.717) is 12.1 Å². The van der Waals surface area contributed by atoms with Crippen molar-refractivity contribution in [1.82, 2.24) is 9.71 Å². The third kappa shape index (κ3) is 4.30. The maximum Gasteiger partial charge on any atom is 0.335 e. The molecule has 7 nitrogen and oxygen atoms in total. The van der Waals surface area contributed by atoms with Gasteiger partial charge in [-0.3, -0.25) is 4.98 Å². The zero-order chi connectivity index (χ0) is 17.7. The van der Waals surface area contributed by atoms with Crippen LogP contribution in [0.5, 0.6) is 0 Å². The molecule has 2 rings (SSSR count). The number of sulfonamides is 1. The lowest BCUT2D eigenvalue weighted by molar-refractivity contribution is 0.0696. The molecular weight excluding hydrogens is 330 g/mol. The summed E-state index contributed by atoms with van der Waals surface area (Å²) in [7, 11) is -3.78. The zero-order valence-corrected chi connectivity index (χ0v) is 14.2. The van der Waals surface area contributed by atoms with E-state index in [4.69, 9.17) is 5.11 Å². The molecule has 2 aromatic rings. The molecule has 24 heavy (non-hydrogen) atoms. The van der Waals surface area contributed by atoms with Crippen molar-refractivity contribution in [2.45, 2.75) is 18.7 Å². The van der Waals surface area contributed by atoms with E-state index in [9.17, 15) is 13.2 Å². The average Bonchev–Trinajstić information content (AvgIpc) is 2.53. The third-order valence-corrected chi connectivity index (χ3v) is 5.08. The van der Waals surface area contributed by atoms with Crippen LogP contribution < -0.4 is 10.0 Å². The van der Waals surface area contributed by atoms with Crippen molar-refractivity contribution in [2.75, 3.05) is 18.4 Å². The monoisotopic (exact) mass is 349 g/mol. The summed E-state index contributed by atoms with van der Waals surface area (Å²) in [5, 5.41) is 12.1. The van der Waals surface area contributed by atoms with Crippen LogP contribution in [0.4, 0.5) is 5.69 Å². The minimum Gasteiger partial charge on any atom is -0.478 e. The van der Waals surface area contributed by atoms with E-state index < -0.39 is 16.0 Å². The Hall–Kier alpha value is -2.45. The molecule has 0 amide bonds. The van der Waals surface area contributed by atoms with Crippen molar-refractivity contribution in [3.8, 4) is 0 Å². The molecule has 1 aromatic heterocycles. The van der Waals surface area contributed by atoms with Crippen LogP contribution in [-0.2, 0) is 10.0 Å². The summed E-state index contributed by atoms with van der Waals surface area (Å²) in [6.45, 7) is 4.08. The molecule has 0 saturated heterocycles. The van der Waals surface area contributed by atoms with Gasteiger partial charge in [-0.1, -0.05) is 6.07 Å². The number of carbonyl (C=O) groups is 1. The predicted octanol–water partition coefficient (Wildman–Crippen LogP) is 1.79. The Balaban J connectivity index is 2.03. The lowest BCUT2D eigenvalue weighted by Gasteiger charge is -2.12. The van der Waals surface area contributed by atoms with Gasteiger partial charge in [-0.2, -0.15) is 0 Å². The second-order valence-corrected chi connectivity index (χ2v) is 7.04. The number of hydrogen-bond acceptors (Lipinski definition) is 5. The van der Waals surface area contributed by atoms with Crippen LogP contribution >= 0.6 is 0 Å². The Kier molecular flexibility index (Phi) is 5.53. The molecule has 128 valence electrons. The molecule has 0 spiro atoms. The Bertz CT molecular complexity index is 850. The normalized spacial score (nSPS) is 11.2. The maximum absolute atomic E-state index is 12.4. The number of carboxylic acid groups (broad SMARTS) is 1. The maximum atomic E-state index is 12.4. The number of hydrogen-bond donors (Lipinski definition) is 3. The number of pyridine rings is 1. The number of aromatic carboxylic acids is 1. The van der Waals surface area contributed by atoms with Crippen LogP contribution in [0.1, 0.15) is 21.5 Å². The van der Waals surface area contributed by atoms with Gasteiger partial charge >= 0.3 is 5.97 Å². The van der Waals surface area contributed by atoms with Gasteiger partial charge in [0.1, 0.15) is 0 Å². The predicted molar refractivity (Wildman–Crippen MR) is 90.8 cm³/mol. The van der Waals surface area contributed by atoms with Crippen LogP contribution in [-0.4, -0.2) is 37.6 Å². The van der Waals surface area contributed by atoms with E-state index in [-0.39, 0.29) is 17.0 Å². The van der Waals surface area contributed by atoms with Crippen LogP contribution in [0.25, 0.3) is 0 Å². The number of nitrogens with zero attached hydrogens (tertiary/aromatic N) is 1. The summed E-state index contributed by atoms with van der Waals surface area (Å²) in [6, 6.07) is 5.84. The number of carboxylic acids is 1. The fraction of sp³-hybridized carbons (Fsp3) is 0.250. The van der Waals surface area contributed by atoms with Gasteiger partial charge in [-0.05, 0) is 43.2 Å². The highest BCUT2D eigenvalue weighted by molar-refractivity contribution is 7.89. The standard InChI is InChI=1S/C16H19N3O4S/c1-11-3-4-13(16(20)21)9-15(11)24(22,23)19-8-7-18-14-5-6-17-10-12(14)2/h3-6,9-10,19H,7-8H2,1-2H3,(H,17,18)(H,20,21). The van der Waals surface area contributed by atoms with E-state index in [1.807, 2.05) is 13.0 Å². The number of nitrogens with one attached hydrogen (secondary N) is 2. The highest BCUT2D eigenvalue weighted by Crippen LogP contribution is 2.17. The number of aromatic nitrogens is 1. The van der Waals surface area contributed by atoms with E-state index in [1.165, 1.54) is 18.2 Å². The van der Waals surface area contributed by atoms with E-state index in [1.54, 1.807) is 19.3 Å². The smallest absolute Gasteiger partial charge is 0.335 e. The fourth-order valence-corrected chi connectivity index (χ4v) is 3.46. The van der Waals surface area contributed by atoms with Gasteiger partial charge in [-0.15, -0.1) is 0 Å². The number of anilines is 1. The van der Waals surface area contributed by atoms with Crippen molar-refractivity contribution in [3.05, 3.63) is 53.3 Å². The van der Waals surface area contributed by atoms with Crippen LogP contribution in [0.15, 0.2) is 41.6 Å². The Morgan fingerprint density at radius 3 is 2.58 bits per heavy atom. The molecule has 0 radical (unpaired) electrons. The first kappa shape index (κ1) is 17.9. The van der Waals surface area contributed by atoms with E-state index in [0.717, 1.165) is 11.3 Å². The SMILES string of the molecule is Cc1cnccc1NCCNS(=O)(=O)c1cc(C(=O)O)ccc1C. The van der Waals surface area contributed by atoms with Crippen LogP contribution in [0, 0.1) is 13.8 Å². The molecule has 0 bridgehead atoms. The van der Waals surface area contributed by atoms with E-state index in [2.05, 4.69) is 15.0 Å². The van der Waals surface area contributed by atoms with Crippen molar-refractivity contribution in [3.63, 3.8) is 0 Å². The van der Waals surface area contributed by atoms with Gasteiger partial charge in [0.2, 0.25) is 10.0 Å². The summed E-state index contributed by atoms with van der Waals surface area (Å²) in [5.41, 5.74) is 2.27. The van der Waals surface area contributed by atoms with Crippen LogP contribution in [0.3, 0.4) is 0 Å². The van der Waals surface area contributed by atoms with Crippen LogP contribution in [0.2, 0.25) is 0 Å². The molecular formula is C16H19N3O4S. The van der Waals surface area contributed by atoms with Gasteiger partial charge in [0, 0.05) is 31.2 Å². The molecule has 8 heteroatoms. The highest BCUT2D eigenvalue weighted by Gasteiger charge is 2.18. The lowest BCUT2D eigenvalue weighted by Crippen LogP contribution is -2.29. The zero-order valence-electron chi connectivity index (χ0n) is 13.4. The van der Waals surface area contributed by atoms with Gasteiger partial charge in [-0.25, -0.2) is 17.9 Å². The molecule has 3 N–H and O–H groups in total. The molecule has 0 saturated carbocycles. The molecule has 1 heterocycles. The molecule has 0 aliphatic carbocycles. The second kappa shape index (κ2) is 7.41. The van der Waals surface area contributed by atoms with Crippen molar-refractivity contribution in [2.24, 2.45) is 0 Å². The van der Waals surface area contributed by atoms with E-state index >= 15 is 0 Å². The van der Waals surface area contributed by atoms with Crippen molar-refractivity contribution < 1.29 is 18.3 Å². The van der Waals surface area contributed by atoms with Gasteiger partial charge < -0.3 is 10.4 Å². The first-order valence-electron chi connectivity index (χ1n) is 7.29. The molecule has 0 fully saturated rings. The van der Waals surface area contributed by atoms with Crippen molar-refractivity contribution in [1.29, 1.82) is 0 Å². The topological polar surface area (TPSA) is 108 Å². The Morgan fingerprint density at radius 1 is 1.17 bits per heavy atom. The molecule has 0 aliphatic heterocycles.